The first-order chi connectivity index (χ1) is 64.7. The SMILES string of the molecule is CCCCCCCCc1cc(/C=c2\sc(N(CC)CC)nc2=C(C#N)C#N)sc1-c1ccc(-c2sc(-c3cc4c(-c5ccc(CC(CC)CCCC)s5)c5sc(-c6cc(CCCCCCCC)c(-c7ccc(-c8sc(/C=c9\sc(N(CC)CC)nc9=C(C#N)C#N)cc8CCCCCCCC)s7)s6)cc5c(-c5ccc(CC(CC)CCCC)s5)c4s3)cc2CCCCCCCC)s1. The molecule has 0 aliphatic carbocycles. The second-order valence-electron chi connectivity index (χ2n) is 35.8. The first kappa shape index (κ1) is 102. The van der Waals surface area contributed by atoms with Gasteiger partial charge in [0.05, 0.1) is 9.06 Å². The molecule has 8 nitrogen and oxygen atoms in total. The van der Waals surface area contributed by atoms with Crippen molar-refractivity contribution in [1.82, 2.24) is 9.97 Å². The molecule has 20 heteroatoms. The van der Waals surface area contributed by atoms with Gasteiger partial charge in [-0.25, -0.2) is 9.97 Å². The van der Waals surface area contributed by atoms with Crippen LogP contribution in [0.3, 0.4) is 0 Å². The predicted octanol–water partition coefficient (Wildman–Crippen LogP) is 35.7. The van der Waals surface area contributed by atoms with Crippen LogP contribution in [0.5, 0.6) is 0 Å². The van der Waals surface area contributed by atoms with Crippen LogP contribution in [0.1, 0.15) is 330 Å². The smallest absolute Gasteiger partial charge is 0.186 e. The van der Waals surface area contributed by atoms with E-state index in [-0.39, 0.29) is 11.1 Å². The Morgan fingerprint density at radius 2 is 0.614 bits per heavy atom. The number of unbranched alkanes of at least 4 members (excludes halogenated alkanes) is 22. The largest absolute Gasteiger partial charge is 0.349 e. The summed E-state index contributed by atoms with van der Waals surface area (Å²) in [5.41, 5.74) is 8.64. The van der Waals surface area contributed by atoms with E-state index in [1.165, 1.54) is 324 Å². The van der Waals surface area contributed by atoms with Gasteiger partial charge in [0.2, 0.25) is 0 Å². The zero-order valence-corrected chi connectivity index (χ0v) is 90.4. The zero-order chi connectivity index (χ0) is 92.8. The van der Waals surface area contributed by atoms with Crippen molar-refractivity contribution in [1.29, 1.82) is 21.0 Å². The molecule has 0 saturated carbocycles. The van der Waals surface area contributed by atoms with Crippen molar-refractivity contribution < 1.29 is 0 Å². The van der Waals surface area contributed by atoms with E-state index in [2.05, 4.69) is 260 Å². The minimum atomic E-state index is 0.0594. The number of thiophene rings is 10. The molecular weight excluding hydrogens is 1840 g/mol. The molecule has 0 spiro atoms. The molecule has 0 N–H and O–H groups in total. The highest BCUT2D eigenvalue weighted by molar-refractivity contribution is 7.32. The molecule has 12 heterocycles. The molecule has 698 valence electrons. The number of nitrogens with zero attached hydrogens (tertiary/aromatic N) is 8. The Bertz CT molecular complexity index is 5850. The number of hydrogen-bond donors (Lipinski definition) is 0. The number of thiazole rings is 2. The van der Waals surface area contributed by atoms with Crippen molar-refractivity contribution in [3.05, 3.63) is 146 Å². The molecule has 0 aliphatic rings. The van der Waals surface area contributed by atoms with Crippen LogP contribution in [0, 0.1) is 57.2 Å². The van der Waals surface area contributed by atoms with E-state index in [1.54, 1.807) is 22.7 Å². The van der Waals surface area contributed by atoms with Gasteiger partial charge in [-0.2, -0.15) is 21.0 Å². The van der Waals surface area contributed by atoms with Crippen molar-refractivity contribution in [2.75, 3.05) is 36.0 Å². The van der Waals surface area contributed by atoms with Gasteiger partial charge >= 0.3 is 0 Å². The molecule has 2 unspecified atom stereocenters. The van der Waals surface area contributed by atoms with Gasteiger partial charge in [0.15, 0.2) is 21.4 Å². The highest BCUT2D eigenvalue weighted by Gasteiger charge is 2.29. The van der Waals surface area contributed by atoms with E-state index in [9.17, 15) is 21.0 Å². The second kappa shape index (κ2) is 52.5. The Balaban J connectivity index is 0.974. The lowest BCUT2D eigenvalue weighted by Gasteiger charge is -2.16. The van der Waals surface area contributed by atoms with E-state index in [4.69, 9.17) is 9.97 Å². The number of hydrogen-bond acceptors (Lipinski definition) is 20. The lowest BCUT2D eigenvalue weighted by atomic mass is 9.95. The summed E-state index contributed by atoms with van der Waals surface area (Å²) in [6.45, 7) is 30.5. The average molecular weight is 1980 g/mol. The predicted molar refractivity (Wildman–Crippen MR) is 592 cm³/mol. The summed E-state index contributed by atoms with van der Waals surface area (Å²) in [6, 6.07) is 43.9. The number of benzene rings is 1. The number of anilines is 2. The summed E-state index contributed by atoms with van der Waals surface area (Å²) in [5, 5.41) is 46.6. The Labute approximate surface area is 837 Å². The quantitative estimate of drug-likeness (QED) is 0.0345. The van der Waals surface area contributed by atoms with Gasteiger partial charge in [-0.3, -0.25) is 0 Å². The molecule has 13 rings (SSSR count). The van der Waals surface area contributed by atoms with Crippen LogP contribution < -0.4 is 29.6 Å². The number of nitriles is 4. The van der Waals surface area contributed by atoms with Crippen molar-refractivity contribution in [3.8, 4) is 104 Å². The molecule has 2 atom stereocenters. The van der Waals surface area contributed by atoms with Crippen LogP contribution in [0.2, 0.25) is 0 Å². The van der Waals surface area contributed by atoms with Gasteiger partial charge in [-0.15, -0.1) is 113 Å². The first-order valence-electron chi connectivity index (χ1n) is 50.2. The maximum Gasteiger partial charge on any atom is 0.186 e. The van der Waals surface area contributed by atoms with Gasteiger partial charge in [0, 0.05) is 145 Å². The molecule has 132 heavy (non-hydrogen) atoms. The third kappa shape index (κ3) is 26.1. The monoisotopic (exact) mass is 1980 g/mol. The maximum atomic E-state index is 10.3. The van der Waals surface area contributed by atoms with Crippen LogP contribution in [0.15, 0.2) is 84.9 Å². The van der Waals surface area contributed by atoms with Gasteiger partial charge < -0.3 is 9.80 Å². The van der Waals surface area contributed by atoms with Gasteiger partial charge in [0.1, 0.15) is 35.0 Å². The summed E-state index contributed by atoms with van der Waals surface area (Å²) in [4.78, 5) is 38.6. The fourth-order valence-electron chi connectivity index (χ4n) is 18.4. The molecule has 0 saturated heterocycles. The third-order valence-electron chi connectivity index (χ3n) is 26.2. The number of aromatic nitrogens is 2. The lowest BCUT2D eigenvalue weighted by molar-refractivity contribution is 0.452. The van der Waals surface area contributed by atoms with Crippen molar-refractivity contribution in [3.63, 3.8) is 0 Å². The van der Waals surface area contributed by atoms with E-state index in [1.807, 2.05) is 68.0 Å². The molecule has 13 aromatic rings. The molecule has 0 fully saturated rings. The molecule has 1 aromatic carbocycles. The van der Waals surface area contributed by atoms with E-state index >= 15 is 0 Å². The Hall–Kier alpha value is -6.96. The molecule has 12 aromatic heterocycles. The molecule has 0 aliphatic heterocycles. The topological polar surface area (TPSA) is 127 Å². The molecule has 0 radical (unpaired) electrons. The van der Waals surface area contributed by atoms with E-state index in [0.29, 0.717) is 22.5 Å². The minimum Gasteiger partial charge on any atom is -0.349 e. The zero-order valence-electron chi connectivity index (χ0n) is 80.6. The van der Waals surface area contributed by atoms with Crippen LogP contribution in [0.4, 0.5) is 10.3 Å². The molecule has 0 bridgehead atoms. The normalized spacial score (nSPS) is 12.5. The van der Waals surface area contributed by atoms with Crippen LogP contribution in [-0.2, 0) is 38.5 Å². The maximum absolute atomic E-state index is 10.3. The van der Waals surface area contributed by atoms with Gasteiger partial charge in [-0.05, 0) is 223 Å². The van der Waals surface area contributed by atoms with E-state index < -0.39 is 0 Å². The molecule has 0 amide bonds. The van der Waals surface area contributed by atoms with Crippen LogP contribution in [0.25, 0.3) is 123 Å². The third-order valence-corrected chi connectivity index (χ3v) is 40.8. The fraction of sp³-hybridized carbons (Fsp3) is 0.500. The van der Waals surface area contributed by atoms with Crippen molar-refractivity contribution in [2.45, 2.75) is 327 Å². The lowest BCUT2D eigenvalue weighted by Crippen LogP contribution is -2.25. The Morgan fingerprint density at radius 3 is 0.932 bits per heavy atom. The highest BCUT2D eigenvalue weighted by Crippen LogP contribution is 2.58. The Kier molecular flexibility index (Phi) is 40.8. The summed E-state index contributed by atoms with van der Waals surface area (Å²) in [7, 11) is 0. The Morgan fingerprint density at radius 1 is 0.311 bits per heavy atom. The number of aryl methyl sites for hydroxylation is 4. The highest BCUT2D eigenvalue weighted by atomic mass is 32.1. The van der Waals surface area contributed by atoms with Crippen molar-refractivity contribution in [2.24, 2.45) is 11.8 Å². The van der Waals surface area contributed by atoms with Crippen molar-refractivity contribution >= 4 is 190 Å². The van der Waals surface area contributed by atoms with Crippen LogP contribution in [-0.4, -0.2) is 36.1 Å². The number of rotatable bonds is 56. The second-order valence-corrected chi connectivity index (χ2v) is 48.7. The summed E-state index contributed by atoms with van der Waals surface area (Å²) < 4.78 is 4.54. The van der Waals surface area contributed by atoms with Crippen LogP contribution >= 0.6 is 136 Å². The van der Waals surface area contributed by atoms with E-state index in [0.717, 1.165) is 107 Å². The molecular formula is C112H138N8S12. The summed E-state index contributed by atoms with van der Waals surface area (Å²) in [5.74, 6) is 1.32. The summed E-state index contributed by atoms with van der Waals surface area (Å²) in [6.07, 6.45) is 50.5. The first-order valence-corrected chi connectivity index (χ1v) is 60.0. The summed E-state index contributed by atoms with van der Waals surface area (Å²) >= 11 is 23.1. The fourth-order valence-corrected chi connectivity index (χ4v) is 33.3. The van der Waals surface area contributed by atoms with Gasteiger partial charge in [-0.1, -0.05) is 258 Å². The minimum absolute atomic E-state index is 0.0594. The standard InChI is InChI=1S/C112H138N8S12/c1-13-25-31-35-39-43-49-77-63-85(67-99-103(81(71-113)72-114)117-111(131-99)119(21-9)22-10)123-105(77)91-57-59-93(125-91)107-79(51-45-41-37-33-27-15-3)65-95(127-107)97-69-87-101(89-55-53-83(121-89)61-75(19-7)47-29-17-5)110-88(102(109(87)129-97)90-56-54-84(122-90)62-76(20-8)48-30-18-6)70-98(130-110)96-66-80(52-46-42-38-34-28-16-4)108(128-96)94-60-58-92(126-94)106-78(50-44-40-36-32-26-14-2)64-86(124-106)68-100-104(82(73-115)74-116)118-112(132-100)120(23-11)24-12/h53-60,63-70,75-76H,13-52,61-62H2,1-12H3/b99-67-,100-68-. The average Bonchev–Trinajstić information content (AvgIpc) is 1.55. The van der Waals surface area contributed by atoms with Gasteiger partial charge in [0.25, 0.3) is 0 Å². The number of fused-ring (bicyclic) bond motifs is 2.